The summed E-state index contributed by atoms with van der Waals surface area (Å²) >= 11 is 0. The number of fused-ring (bicyclic) bond motifs is 1. The average Bonchev–Trinajstić information content (AvgIpc) is 2.95. The van der Waals surface area contributed by atoms with Gasteiger partial charge in [0.15, 0.2) is 0 Å². The minimum Gasteiger partial charge on any atom is -0.497 e. The highest BCUT2D eigenvalue weighted by Gasteiger charge is 2.13. The Hall–Kier alpha value is -2.49. The van der Waals surface area contributed by atoms with E-state index in [2.05, 4.69) is 5.32 Å². The lowest BCUT2D eigenvalue weighted by Crippen LogP contribution is -2.11. The maximum atomic E-state index is 12.2. The van der Waals surface area contributed by atoms with Crippen LogP contribution in [0.4, 0.5) is 5.69 Å². The summed E-state index contributed by atoms with van der Waals surface area (Å²) in [6, 6.07) is 12.8. The van der Waals surface area contributed by atoms with Crippen molar-refractivity contribution in [3.8, 4) is 11.5 Å². The zero-order valence-corrected chi connectivity index (χ0v) is 11.2. The van der Waals surface area contributed by atoms with Crippen LogP contribution in [0, 0.1) is 0 Å². The zero-order chi connectivity index (χ0) is 13.9. The summed E-state index contributed by atoms with van der Waals surface area (Å²) in [6.07, 6.45) is 0.887. The maximum absolute atomic E-state index is 12.2. The zero-order valence-electron chi connectivity index (χ0n) is 11.2. The Morgan fingerprint density at radius 3 is 3.00 bits per heavy atom. The third-order valence-corrected chi connectivity index (χ3v) is 3.28. The third kappa shape index (κ3) is 2.45. The minimum absolute atomic E-state index is 0.150. The first-order valence-corrected chi connectivity index (χ1v) is 6.47. The molecule has 4 heteroatoms. The van der Waals surface area contributed by atoms with E-state index in [4.69, 9.17) is 9.47 Å². The highest BCUT2D eigenvalue weighted by molar-refractivity contribution is 6.04. The van der Waals surface area contributed by atoms with Crippen LogP contribution in [0.3, 0.4) is 0 Å². The molecule has 0 unspecified atom stereocenters. The number of anilines is 1. The van der Waals surface area contributed by atoms with Crippen molar-refractivity contribution in [2.24, 2.45) is 0 Å². The number of ether oxygens (including phenoxy) is 2. The van der Waals surface area contributed by atoms with E-state index in [1.165, 1.54) is 0 Å². The predicted molar refractivity (Wildman–Crippen MR) is 76.6 cm³/mol. The normalized spacial score (nSPS) is 12.4. The number of amides is 1. The Labute approximate surface area is 117 Å². The molecule has 4 nitrogen and oxygen atoms in total. The molecule has 2 aromatic carbocycles. The van der Waals surface area contributed by atoms with Gasteiger partial charge in [0.25, 0.3) is 5.91 Å². The average molecular weight is 269 g/mol. The summed E-state index contributed by atoms with van der Waals surface area (Å²) in [5.74, 6) is 1.42. The van der Waals surface area contributed by atoms with Crippen LogP contribution >= 0.6 is 0 Å². The van der Waals surface area contributed by atoms with Gasteiger partial charge >= 0.3 is 0 Å². The lowest BCUT2D eigenvalue weighted by atomic mass is 10.1. The van der Waals surface area contributed by atoms with Crippen LogP contribution in [0.5, 0.6) is 11.5 Å². The van der Waals surface area contributed by atoms with Crippen LogP contribution in [0.1, 0.15) is 15.9 Å². The molecule has 1 N–H and O–H groups in total. The van der Waals surface area contributed by atoms with Crippen LogP contribution in [0.15, 0.2) is 42.5 Å². The molecule has 1 heterocycles. The second kappa shape index (κ2) is 5.25. The van der Waals surface area contributed by atoms with E-state index in [-0.39, 0.29) is 5.91 Å². The van der Waals surface area contributed by atoms with Crippen molar-refractivity contribution in [3.05, 3.63) is 53.6 Å². The summed E-state index contributed by atoms with van der Waals surface area (Å²) in [7, 11) is 1.58. The number of carbonyl (C=O) groups is 1. The molecule has 0 spiro atoms. The van der Waals surface area contributed by atoms with E-state index in [0.29, 0.717) is 17.9 Å². The van der Waals surface area contributed by atoms with Crippen molar-refractivity contribution >= 4 is 11.6 Å². The molecule has 0 aliphatic carbocycles. The van der Waals surface area contributed by atoms with Crippen molar-refractivity contribution in [1.29, 1.82) is 0 Å². The molecular weight excluding hydrogens is 254 g/mol. The van der Waals surface area contributed by atoms with Gasteiger partial charge in [0, 0.05) is 17.7 Å². The van der Waals surface area contributed by atoms with Crippen molar-refractivity contribution in [2.45, 2.75) is 6.42 Å². The fourth-order valence-electron chi connectivity index (χ4n) is 2.23. The molecule has 0 fully saturated rings. The molecule has 0 atom stereocenters. The van der Waals surface area contributed by atoms with E-state index in [1.807, 2.05) is 24.3 Å². The fraction of sp³-hybridized carbons (Fsp3) is 0.188. The lowest BCUT2D eigenvalue weighted by molar-refractivity contribution is 0.102. The summed E-state index contributed by atoms with van der Waals surface area (Å²) < 4.78 is 10.6. The molecule has 3 rings (SSSR count). The van der Waals surface area contributed by atoms with Crippen LogP contribution in [0.2, 0.25) is 0 Å². The van der Waals surface area contributed by atoms with Crippen molar-refractivity contribution in [2.75, 3.05) is 19.0 Å². The number of carbonyl (C=O) groups excluding carboxylic acids is 1. The fourth-order valence-corrected chi connectivity index (χ4v) is 2.23. The van der Waals surface area contributed by atoms with Crippen molar-refractivity contribution in [1.82, 2.24) is 0 Å². The second-order valence-corrected chi connectivity index (χ2v) is 4.61. The van der Waals surface area contributed by atoms with Gasteiger partial charge in [0.05, 0.1) is 13.7 Å². The predicted octanol–water partition coefficient (Wildman–Crippen LogP) is 2.88. The largest absolute Gasteiger partial charge is 0.497 e. The smallest absolute Gasteiger partial charge is 0.255 e. The summed E-state index contributed by atoms with van der Waals surface area (Å²) in [6.45, 7) is 0.711. The van der Waals surface area contributed by atoms with Gasteiger partial charge in [0.2, 0.25) is 0 Å². The summed E-state index contributed by atoms with van der Waals surface area (Å²) in [4.78, 5) is 12.2. The van der Waals surface area contributed by atoms with Gasteiger partial charge in [-0.15, -0.1) is 0 Å². The number of hydrogen-bond donors (Lipinski definition) is 1. The molecule has 102 valence electrons. The minimum atomic E-state index is -0.150. The van der Waals surface area contributed by atoms with E-state index in [9.17, 15) is 4.79 Å². The molecule has 0 saturated heterocycles. The molecule has 1 aliphatic rings. The first-order chi connectivity index (χ1) is 9.76. The summed E-state index contributed by atoms with van der Waals surface area (Å²) in [5, 5.41) is 2.89. The van der Waals surface area contributed by atoms with Crippen LogP contribution < -0.4 is 14.8 Å². The number of benzene rings is 2. The molecule has 2 aromatic rings. The number of hydrogen-bond acceptors (Lipinski definition) is 3. The van der Waals surface area contributed by atoms with E-state index in [0.717, 1.165) is 23.4 Å². The molecule has 0 radical (unpaired) electrons. The molecular formula is C16H15NO3. The first-order valence-electron chi connectivity index (χ1n) is 6.47. The Bertz CT molecular complexity index is 652. The molecule has 20 heavy (non-hydrogen) atoms. The SMILES string of the molecule is COc1cccc(C(=O)Nc2ccc3c(c2)CCO3)c1. The number of rotatable bonds is 3. The van der Waals surface area contributed by atoms with Gasteiger partial charge in [-0.1, -0.05) is 6.07 Å². The van der Waals surface area contributed by atoms with E-state index in [1.54, 1.807) is 25.3 Å². The Kier molecular flexibility index (Phi) is 3.29. The van der Waals surface area contributed by atoms with Gasteiger partial charge in [-0.3, -0.25) is 4.79 Å². The van der Waals surface area contributed by atoms with Crippen molar-refractivity contribution in [3.63, 3.8) is 0 Å². The van der Waals surface area contributed by atoms with Crippen LogP contribution in [-0.4, -0.2) is 19.6 Å². The van der Waals surface area contributed by atoms with Crippen LogP contribution in [0.25, 0.3) is 0 Å². The Morgan fingerprint density at radius 1 is 1.25 bits per heavy atom. The standard InChI is InChI=1S/C16H15NO3/c1-19-14-4-2-3-12(10-14)16(18)17-13-5-6-15-11(9-13)7-8-20-15/h2-6,9-10H,7-8H2,1H3,(H,17,18). The van der Waals surface area contributed by atoms with Crippen LogP contribution in [-0.2, 0) is 6.42 Å². The Balaban J connectivity index is 1.78. The van der Waals surface area contributed by atoms with E-state index >= 15 is 0 Å². The van der Waals surface area contributed by atoms with E-state index < -0.39 is 0 Å². The van der Waals surface area contributed by atoms with Gasteiger partial charge in [-0.05, 0) is 42.0 Å². The highest BCUT2D eigenvalue weighted by atomic mass is 16.5. The number of methoxy groups -OCH3 is 1. The molecule has 0 aromatic heterocycles. The maximum Gasteiger partial charge on any atom is 0.255 e. The molecule has 0 bridgehead atoms. The lowest BCUT2D eigenvalue weighted by Gasteiger charge is -2.08. The molecule has 1 amide bonds. The van der Waals surface area contributed by atoms with Gasteiger partial charge in [0.1, 0.15) is 11.5 Å². The molecule has 0 saturated carbocycles. The number of nitrogens with one attached hydrogen (secondary N) is 1. The van der Waals surface area contributed by atoms with Gasteiger partial charge in [-0.2, -0.15) is 0 Å². The first kappa shape index (κ1) is 12.5. The van der Waals surface area contributed by atoms with Crippen molar-refractivity contribution < 1.29 is 14.3 Å². The quantitative estimate of drug-likeness (QED) is 0.932. The third-order valence-electron chi connectivity index (χ3n) is 3.28. The topological polar surface area (TPSA) is 47.6 Å². The summed E-state index contributed by atoms with van der Waals surface area (Å²) in [5.41, 5.74) is 2.48. The van der Waals surface area contributed by atoms with Gasteiger partial charge < -0.3 is 14.8 Å². The Morgan fingerprint density at radius 2 is 2.15 bits per heavy atom. The monoisotopic (exact) mass is 269 g/mol. The highest BCUT2D eigenvalue weighted by Crippen LogP contribution is 2.28. The van der Waals surface area contributed by atoms with Gasteiger partial charge in [-0.25, -0.2) is 0 Å². The molecule has 1 aliphatic heterocycles. The second-order valence-electron chi connectivity index (χ2n) is 4.61.